The summed E-state index contributed by atoms with van der Waals surface area (Å²) in [4.78, 5) is 18.0. The first-order chi connectivity index (χ1) is 8.02. The number of hydrogen-bond donors (Lipinski definition) is 2. The molecule has 0 bridgehead atoms. The normalized spacial score (nSPS) is 25.0. The Morgan fingerprint density at radius 3 is 3.12 bits per heavy atom. The third-order valence-corrected chi connectivity index (χ3v) is 3.78. The van der Waals surface area contributed by atoms with Gasteiger partial charge in [-0.05, 0) is 19.8 Å². The van der Waals surface area contributed by atoms with Gasteiger partial charge in [-0.1, -0.05) is 0 Å². The molecule has 1 aliphatic heterocycles. The van der Waals surface area contributed by atoms with E-state index in [1.54, 1.807) is 17.2 Å². The van der Waals surface area contributed by atoms with Crippen molar-refractivity contribution in [3.8, 4) is 0 Å². The zero-order chi connectivity index (χ0) is 12.5. The van der Waals surface area contributed by atoms with Crippen molar-refractivity contribution in [1.29, 1.82) is 0 Å². The number of carbonyl (C=O) groups excluding carboxylic acids is 1. The SMILES string of the molecule is CC1(O)CCCN(C(=O)c2csc(CN)n2)C1. The largest absolute Gasteiger partial charge is 0.388 e. The average Bonchev–Trinajstić information content (AvgIpc) is 2.75. The maximum absolute atomic E-state index is 12.1. The van der Waals surface area contributed by atoms with Gasteiger partial charge < -0.3 is 15.7 Å². The van der Waals surface area contributed by atoms with Crippen LogP contribution in [0.15, 0.2) is 5.38 Å². The van der Waals surface area contributed by atoms with Crippen molar-refractivity contribution in [1.82, 2.24) is 9.88 Å². The smallest absolute Gasteiger partial charge is 0.273 e. The molecule has 0 radical (unpaired) electrons. The van der Waals surface area contributed by atoms with Crippen molar-refractivity contribution >= 4 is 17.2 Å². The second kappa shape index (κ2) is 4.72. The number of carbonyl (C=O) groups is 1. The highest BCUT2D eigenvalue weighted by atomic mass is 32.1. The third kappa shape index (κ3) is 2.83. The van der Waals surface area contributed by atoms with Crippen LogP contribution in [0.4, 0.5) is 0 Å². The van der Waals surface area contributed by atoms with Crippen molar-refractivity contribution < 1.29 is 9.90 Å². The highest BCUT2D eigenvalue weighted by molar-refractivity contribution is 7.09. The molecule has 1 aromatic rings. The van der Waals surface area contributed by atoms with Crippen molar-refractivity contribution in [2.45, 2.75) is 31.9 Å². The van der Waals surface area contributed by atoms with Gasteiger partial charge in [0.25, 0.3) is 5.91 Å². The molecule has 0 aliphatic carbocycles. The maximum atomic E-state index is 12.1. The lowest BCUT2D eigenvalue weighted by Crippen LogP contribution is -2.48. The molecule has 3 N–H and O–H groups in total. The van der Waals surface area contributed by atoms with Gasteiger partial charge in [0.1, 0.15) is 10.7 Å². The third-order valence-electron chi connectivity index (χ3n) is 2.91. The average molecular weight is 255 g/mol. The molecule has 0 spiro atoms. The number of aliphatic hydroxyl groups is 1. The van der Waals surface area contributed by atoms with Crippen LogP contribution in [-0.2, 0) is 6.54 Å². The summed E-state index contributed by atoms with van der Waals surface area (Å²) in [6.45, 7) is 3.18. The summed E-state index contributed by atoms with van der Waals surface area (Å²) in [5.41, 5.74) is 5.13. The van der Waals surface area contributed by atoms with E-state index in [0.717, 1.165) is 17.8 Å². The van der Waals surface area contributed by atoms with Gasteiger partial charge in [0.2, 0.25) is 0 Å². The molecule has 1 fully saturated rings. The van der Waals surface area contributed by atoms with Crippen LogP contribution in [0.2, 0.25) is 0 Å². The molecular formula is C11H17N3O2S. The minimum absolute atomic E-state index is 0.110. The molecule has 6 heteroatoms. The van der Waals surface area contributed by atoms with E-state index in [9.17, 15) is 9.90 Å². The first-order valence-electron chi connectivity index (χ1n) is 5.68. The first kappa shape index (κ1) is 12.5. The van der Waals surface area contributed by atoms with Gasteiger partial charge in [-0.2, -0.15) is 0 Å². The molecule has 1 atom stereocenters. The van der Waals surface area contributed by atoms with Gasteiger partial charge in [-0.15, -0.1) is 11.3 Å². The fourth-order valence-corrected chi connectivity index (χ4v) is 2.71. The molecule has 2 heterocycles. The summed E-state index contributed by atoms with van der Waals surface area (Å²) in [6.07, 6.45) is 1.56. The summed E-state index contributed by atoms with van der Waals surface area (Å²) < 4.78 is 0. The van der Waals surface area contributed by atoms with E-state index in [-0.39, 0.29) is 5.91 Å². The number of β-amino-alcohol motifs (C(OH)–C–C–N with tert-alkyl or cyclic N) is 1. The van der Waals surface area contributed by atoms with E-state index in [4.69, 9.17) is 5.73 Å². The van der Waals surface area contributed by atoms with Crippen LogP contribution in [-0.4, -0.2) is 39.6 Å². The monoisotopic (exact) mass is 255 g/mol. The van der Waals surface area contributed by atoms with Crippen LogP contribution in [0.5, 0.6) is 0 Å². The Balaban J connectivity index is 2.09. The molecule has 1 aromatic heterocycles. The van der Waals surface area contributed by atoms with E-state index < -0.39 is 5.60 Å². The number of piperidine rings is 1. The Morgan fingerprint density at radius 1 is 1.76 bits per heavy atom. The number of hydrogen-bond acceptors (Lipinski definition) is 5. The highest BCUT2D eigenvalue weighted by Gasteiger charge is 2.31. The lowest BCUT2D eigenvalue weighted by Gasteiger charge is -2.36. The molecule has 0 aromatic carbocycles. The van der Waals surface area contributed by atoms with Crippen LogP contribution in [0.25, 0.3) is 0 Å². The Morgan fingerprint density at radius 2 is 2.53 bits per heavy atom. The fraction of sp³-hybridized carbons (Fsp3) is 0.636. The first-order valence-corrected chi connectivity index (χ1v) is 6.56. The van der Waals surface area contributed by atoms with Gasteiger partial charge in [0, 0.05) is 25.0 Å². The summed E-state index contributed by atoms with van der Waals surface area (Å²) in [6, 6.07) is 0. The second-order valence-corrected chi connectivity index (χ2v) is 5.60. The zero-order valence-corrected chi connectivity index (χ0v) is 10.7. The van der Waals surface area contributed by atoms with Gasteiger partial charge in [0.15, 0.2) is 0 Å². The lowest BCUT2D eigenvalue weighted by atomic mass is 9.95. The summed E-state index contributed by atoms with van der Waals surface area (Å²) in [7, 11) is 0. The molecule has 1 saturated heterocycles. The van der Waals surface area contributed by atoms with Gasteiger partial charge in [0.05, 0.1) is 5.60 Å². The summed E-state index contributed by atoms with van der Waals surface area (Å²) in [5.74, 6) is -0.110. The minimum Gasteiger partial charge on any atom is -0.388 e. The molecule has 94 valence electrons. The Hall–Kier alpha value is -0.980. The van der Waals surface area contributed by atoms with Crippen LogP contribution in [0.3, 0.4) is 0 Å². The number of amides is 1. The number of nitrogens with two attached hydrogens (primary N) is 1. The molecule has 0 saturated carbocycles. The van der Waals surface area contributed by atoms with E-state index in [0.29, 0.717) is 25.3 Å². The van der Waals surface area contributed by atoms with Crippen molar-refractivity contribution in [3.63, 3.8) is 0 Å². The van der Waals surface area contributed by atoms with E-state index in [2.05, 4.69) is 4.98 Å². The Bertz CT molecular complexity index is 417. The minimum atomic E-state index is -0.777. The Labute approximate surface area is 104 Å². The van der Waals surface area contributed by atoms with E-state index in [1.807, 2.05) is 0 Å². The van der Waals surface area contributed by atoms with Crippen molar-refractivity contribution in [2.24, 2.45) is 5.73 Å². The van der Waals surface area contributed by atoms with Crippen LogP contribution in [0.1, 0.15) is 35.3 Å². The molecule has 17 heavy (non-hydrogen) atoms. The second-order valence-electron chi connectivity index (χ2n) is 4.66. The predicted octanol–water partition coefficient (Wildman–Crippen LogP) is 0.589. The van der Waals surface area contributed by atoms with Gasteiger partial charge >= 0.3 is 0 Å². The predicted molar refractivity (Wildman–Crippen MR) is 65.8 cm³/mol. The molecule has 1 aliphatic rings. The van der Waals surface area contributed by atoms with Crippen LogP contribution < -0.4 is 5.73 Å². The number of likely N-dealkylation sites (tertiary alicyclic amines) is 1. The maximum Gasteiger partial charge on any atom is 0.273 e. The molecular weight excluding hydrogens is 238 g/mol. The van der Waals surface area contributed by atoms with E-state index >= 15 is 0 Å². The summed E-state index contributed by atoms with van der Waals surface area (Å²) in [5, 5.41) is 12.5. The highest BCUT2D eigenvalue weighted by Crippen LogP contribution is 2.22. The van der Waals surface area contributed by atoms with Gasteiger partial charge in [-0.3, -0.25) is 4.79 Å². The topological polar surface area (TPSA) is 79.5 Å². The van der Waals surface area contributed by atoms with Crippen molar-refractivity contribution in [2.75, 3.05) is 13.1 Å². The summed E-state index contributed by atoms with van der Waals surface area (Å²) >= 11 is 1.40. The quantitative estimate of drug-likeness (QED) is 0.810. The number of thiazole rings is 1. The molecule has 1 unspecified atom stereocenters. The number of rotatable bonds is 2. The number of aromatic nitrogens is 1. The molecule has 5 nitrogen and oxygen atoms in total. The van der Waals surface area contributed by atoms with Crippen LogP contribution in [0, 0.1) is 0 Å². The lowest BCUT2D eigenvalue weighted by molar-refractivity contribution is -0.0109. The van der Waals surface area contributed by atoms with E-state index in [1.165, 1.54) is 11.3 Å². The fourth-order valence-electron chi connectivity index (χ4n) is 2.06. The standard InChI is InChI=1S/C11H17N3O2S/c1-11(16)3-2-4-14(7-11)10(15)8-6-17-9(5-12)13-8/h6,16H,2-5,7,12H2,1H3. The Kier molecular flexibility index (Phi) is 3.46. The van der Waals surface area contributed by atoms with Crippen LogP contribution >= 0.6 is 11.3 Å². The van der Waals surface area contributed by atoms with Crippen molar-refractivity contribution in [3.05, 3.63) is 16.1 Å². The molecule has 1 amide bonds. The zero-order valence-electron chi connectivity index (χ0n) is 9.85. The number of nitrogens with zero attached hydrogens (tertiary/aromatic N) is 2. The molecule has 2 rings (SSSR count). The van der Waals surface area contributed by atoms with Gasteiger partial charge in [-0.25, -0.2) is 4.98 Å².